The molecule has 0 bridgehead atoms. The van der Waals surface area contributed by atoms with Crippen molar-refractivity contribution >= 4 is 23.4 Å². The number of amides is 1. The average Bonchev–Trinajstić information content (AvgIpc) is 2.53. The van der Waals surface area contributed by atoms with Crippen LogP contribution in [0, 0.1) is 0 Å². The van der Waals surface area contributed by atoms with E-state index in [9.17, 15) is 18.0 Å². The molecule has 1 amide bonds. The third-order valence-electron chi connectivity index (χ3n) is 3.64. The van der Waals surface area contributed by atoms with Gasteiger partial charge in [0.15, 0.2) is 0 Å². The second kappa shape index (κ2) is 6.28. The predicted molar refractivity (Wildman–Crippen MR) is 84.7 cm³/mol. The number of thioether (sulfide) groups is 1. The number of anilines is 1. The molecule has 0 unspecified atom stereocenters. The first-order valence-corrected chi connectivity index (χ1v) is 8.12. The molecule has 0 aromatic heterocycles. The summed E-state index contributed by atoms with van der Waals surface area (Å²) >= 11 is 1.68. The van der Waals surface area contributed by atoms with Gasteiger partial charge in [-0.25, -0.2) is 0 Å². The molecule has 0 N–H and O–H groups in total. The quantitative estimate of drug-likeness (QED) is 0.810. The van der Waals surface area contributed by atoms with Gasteiger partial charge >= 0.3 is 6.18 Å². The fourth-order valence-electron chi connectivity index (χ4n) is 2.56. The number of rotatable bonds is 2. The van der Waals surface area contributed by atoms with Crippen molar-refractivity contribution in [1.82, 2.24) is 0 Å². The first-order valence-electron chi connectivity index (χ1n) is 7.13. The van der Waals surface area contributed by atoms with Crippen LogP contribution >= 0.6 is 11.8 Å². The number of hydrogen-bond acceptors (Lipinski definition) is 2. The van der Waals surface area contributed by atoms with Gasteiger partial charge in [-0.1, -0.05) is 30.3 Å². The van der Waals surface area contributed by atoms with Gasteiger partial charge in [0.2, 0.25) is 5.91 Å². The number of fused-ring (bicyclic) bond motifs is 1. The van der Waals surface area contributed by atoms with Gasteiger partial charge in [0, 0.05) is 17.2 Å². The molecule has 1 heterocycles. The van der Waals surface area contributed by atoms with Gasteiger partial charge in [0.05, 0.1) is 17.7 Å². The SMILES string of the molecule is O=C(Cc1cccc(C(F)(F)F)c1)N1CCSc2ccccc21. The van der Waals surface area contributed by atoms with E-state index in [0.717, 1.165) is 28.5 Å². The van der Waals surface area contributed by atoms with Crippen LogP contribution in [0.3, 0.4) is 0 Å². The summed E-state index contributed by atoms with van der Waals surface area (Å²) in [5.41, 5.74) is 0.485. The Labute approximate surface area is 136 Å². The largest absolute Gasteiger partial charge is 0.416 e. The zero-order valence-corrected chi connectivity index (χ0v) is 13.0. The Morgan fingerprint density at radius 3 is 2.70 bits per heavy atom. The molecule has 120 valence electrons. The van der Waals surface area contributed by atoms with E-state index < -0.39 is 11.7 Å². The third kappa shape index (κ3) is 3.52. The summed E-state index contributed by atoms with van der Waals surface area (Å²) in [6.07, 6.45) is -4.43. The summed E-state index contributed by atoms with van der Waals surface area (Å²) in [4.78, 5) is 15.2. The van der Waals surface area contributed by atoms with E-state index >= 15 is 0 Å². The maximum Gasteiger partial charge on any atom is 0.416 e. The van der Waals surface area contributed by atoms with E-state index in [0.29, 0.717) is 12.1 Å². The second-order valence-corrected chi connectivity index (χ2v) is 6.37. The summed E-state index contributed by atoms with van der Waals surface area (Å²) in [6, 6.07) is 12.5. The minimum Gasteiger partial charge on any atom is -0.310 e. The fourth-order valence-corrected chi connectivity index (χ4v) is 3.55. The van der Waals surface area contributed by atoms with Crippen molar-refractivity contribution in [3.05, 3.63) is 59.7 Å². The molecule has 0 aliphatic carbocycles. The third-order valence-corrected chi connectivity index (χ3v) is 4.68. The van der Waals surface area contributed by atoms with Gasteiger partial charge in [0.1, 0.15) is 0 Å². The van der Waals surface area contributed by atoms with Crippen LogP contribution in [0.15, 0.2) is 53.4 Å². The smallest absolute Gasteiger partial charge is 0.310 e. The van der Waals surface area contributed by atoms with Crippen molar-refractivity contribution in [2.45, 2.75) is 17.5 Å². The number of carbonyl (C=O) groups excluding carboxylic acids is 1. The van der Waals surface area contributed by atoms with Crippen LogP contribution in [0.1, 0.15) is 11.1 Å². The molecular formula is C17H14F3NOS. The van der Waals surface area contributed by atoms with Crippen LogP contribution in [0.25, 0.3) is 0 Å². The lowest BCUT2D eigenvalue weighted by molar-refractivity contribution is -0.137. The van der Waals surface area contributed by atoms with E-state index in [-0.39, 0.29) is 12.3 Å². The molecule has 0 saturated heterocycles. The molecule has 2 nitrogen and oxygen atoms in total. The molecule has 3 rings (SSSR count). The molecule has 1 aliphatic rings. The molecule has 6 heteroatoms. The van der Waals surface area contributed by atoms with Gasteiger partial charge in [0.25, 0.3) is 0 Å². The van der Waals surface area contributed by atoms with Crippen molar-refractivity contribution < 1.29 is 18.0 Å². The monoisotopic (exact) mass is 337 g/mol. The first kappa shape index (κ1) is 15.9. The molecule has 0 spiro atoms. The normalized spacial score (nSPS) is 14.5. The summed E-state index contributed by atoms with van der Waals surface area (Å²) in [6.45, 7) is 0.569. The van der Waals surface area contributed by atoms with Crippen LogP contribution in [0.5, 0.6) is 0 Å². The molecule has 0 saturated carbocycles. The molecule has 0 atom stereocenters. The number of para-hydroxylation sites is 1. The molecule has 0 radical (unpaired) electrons. The van der Waals surface area contributed by atoms with Crippen molar-refractivity contribution in [2.75, 3.05) is 17.2 Å². The lowest BCUT2D eigenvalue weighted by Crippen LogP contribution is -2.36. The van der Waals surface area contributed by atoms with Crippen LogP contribution in [-0.4, -0.2) is 18.2 Å². The van der Waals surface area contributed by atoms with Gasteiger partial charge in [-0.2, -0.15) is 13.2 Å². The number of carbonyl (C=O) groups is 1. The standard InChI is InChI=1S/C17H14F3NOS/c18-17(19,20)13-5-3-4-12(10-13)11-16(22)21-8-9-23-15-7-2-1-6-14(15)21/h1-7,10H,8-9,11H2. The van der Waals surface area contributed by atoms with E-state index in [1.54, 1.807) is 22.7 Å². The molecule has 1 aliphatic heterocycles. The van der Waals surface area contributed by atoms with Crippen molar-refractivity contribution in [3.8, 4) is 0 Å². The topological polar surface area (TPSA) is 20.3 Å². The molecular weight excluding hydrogens is 323 g/mol. The maximum absolute atomic E-state index is 12.8. The first-order chi connectivity index (χ1) is 10.9. The number of hydrogen-bond donors (Lipinski definition) is 0. The van der Waals surface area contributed by atoms with Gasteiger partial charge in [-0.3, -0.25) is 4.79 Å². The zero-order valence-electron chi connectivity index (χ0n) is 12.1. The van der Waals surface area contributed by atoms with E-state index in [1.807, 2.05) is 24.3 Å². The zero-order chi connectivity index (χ0) is 16.4. The number of nitrogens with zero attached hydrogens (tertiary/aromatic N) is 1. The fraction of sp³-hybridized carbons (Fsp3) is 0.235. The summed E-state index contributed by atoms with van der Waals surface area (Å²) in [7, 11) is 0. The highest BCUT2D eigenvalue weighted by molar-refractivity contribution is 7.99. The second-order valence-electron chi connectivity index (χ2n) is 5.24. The predicted octanol–water partition coefficient (Wildman–Crippen LogP) is 4.39. The summed E-state index contributed by atoms with van der Waals surface area (Å²) in [5.74, 6) is 0.600. The maximum atomic E-state index is 12.8. The number of benzene rings is 2. The van der Waals surface area contributed by atoms with E-state index in [1.165, 1.54) is 6.07 Å². The number of alkyl halides is 3. The highest BCUT2D eigenvalue weighted by Crippen LogP contribution is 2.35. The Morgan fingerprint density at radius 1 is 1.13 bits per heavy atom. The molecule has 2 aromatic rings. The van der Waals surface area contributed by atoms with Gasteiger partial charge < -0.3 is 4.90 Å². The Kier molecular flexibility index (Phi) is 4.35. The minimum atomic E-state index is -4.40. The molecule has 0 fully saturated rings. The Morgan fingerprint density at radius 2 is 1.91 bits per heavy atom. The summed E-state index contributed by atoms with van der Waals surface area (Å²) < 4.78 is 38.3. The Bertz CT molecular complexity index is 730. The van der Waals surface area contributed by atoms with Crippen molar-refractivity contribution in [2.24, 2.45) is 0 Å². The Hall–Kier alpha value is -1.95. The number of halogens is 3. The van der Waals surface area contributed by atoms with Crippen LogP contribution in [0.4, 0.5) is 18.9 Å². The highest BCUT2D eigenvalue weighted by Gasteiger charge is 2.30. The molecule has 2 aromatic carbocycles. The van der Waals surface area contributed by atoms with E-state index in [4.69, 9.17) is 0 Å². The van der Waals surface area contributed by atoms with Crippen LogP contribution < -0.4 is 4.90 Å². The van der Waals surface area contributed by atoms with Gasteiger partial charge in [-0.05, 0) is 23.8 Å². The van der Waals surface area contributed by atoms with Gasteiger partial charge in [-0.15, -0.1) is 11.8 Å². The van der Waals surface area contributed by atoms with Crippen LogP contribution in [-0.2, 0) is 17.4 Å². The van der Waals surface area contributed by atoms with Crippen molar-refractivity contribution in [3.63, 3.8) is 0 Å². The lowest BCUT2D eigenvalue weighted by atomic mass is 10.1. The minimum absolute atomic E-state index is 0.0388. The Balaban J connectivity index is 1.81. The van der Waals surface area contributed by atoms with E-state index in [2.05, 4.69) is 0 Å². The lowest BCUT2D eigenvalue weighted by Gasteiger charge is -2.29. The van der Waals surface area contributed by atoms with Crippen molar-refractivity contribution in [1.29, 1.82) is 0 Å². The average molecular weight is 337 g/mol. The van der Waals surface area contributed by atoms with Crippen LogP contribution in [0.2, 0.25) is 0 Å². The summed E-state index contributed by atoms with van der Waals surface area (Å²) in [5, 5.41) is 0. The molecule has 23 heavy (non-hydrogen) atoms. The highest BCUT2D eigenvalue weighted by atomic mass is 32.2.